The first-order chi connectivity index (χ1) is 6.76. The van der Waals surface area contributed by atoms with Crippen LogP contribution in [0.4, 0.5) is 0 Å². The number of hydrogen-bond donors (Lipinski definition) is 1. The molecule has 4 nitrogen and oxygen atoms in total. The lowest BCUT2D eigenvalue weighted by Gasteiger charge is -2.01. The van der Waals surface area contributed by atoms with Crippen LogP contribution in [0, 0.1) is 0 Å². The van der Waals surface area contributed by atoms with Crippen molar-refractivity contribution in [2.45, 2.75) is 12.8 Å². The molecule has 0 fully saturated rings. The molecule has 1 N–H and O–H groups in total. The SMILES string of the molecule is COC(=O)Cc1ccc(CCO)cn1. The second-order valence-corrected chi connectivity index (χ2v) is 2.88. The van der Waals surface area contributed by atoms with E-state index in [1.165, 1.54) is 7.11 Å². The predicted molar refractivity (Wildman–Crippen MR) is 50.7 cm³/mol. The van der Waals surface area contributed by atoms with Crippen LogP contribution in [0.3, 0.4) is 0 Å². The third-order valence-electron chi connectivity index (χ3n) is 1.84. The number of methoxy groups -OCH3 is 1. The fraction of sp³-hybridized carbons (Fsp3) is 0.400. The van der Waals surface area contributed by atoms with Gasteiger partial charge in [0.2, 0.25) is 0 Å². The second-order valence-electron chi connectivity index (χ2n) is 2.88. The summed E-state index contributed by atoms with van der Waals surface area (Å²) in [5.41, 5.74) is 1.64. The molecular formula is C10H13NO3. The lowest BCUT2D eigenvalue weighted by molar-refractivity contribution is -0.139. The molecule has 76 valence electrons. The molecule has 0 aromatic carbocycles. The Hall–Kier alpha value is -1.42. The highest BCUT2D eigenvalue weighted by molar-refractivity contribution is 5.71. The molecule has 0 atom stereocenters. The molecule has 0 amide bonds. The second kappa shape index (κ2) is 5.34. The van der Waals surface area contributed by atoms with Gasteiger partial charge in [0.1, 0.15) is 0 Å². The first-order valence-electron chi connectivity index (χ1n) is 4.37. The summed E-state index contributed by atoms with van der Waals surface area (Å²) in [6, 6.07) is 3.61. The largest absolute Gasteiger partial charge is 0.469 e. The van der Waals surface area contributed by atoms with Crippen LogP contribution in [0.15, 0.2) is 18.3 Å². The third-order valence-corrected chi connectivity index (χ3v) is 1.84. The summed E-state index contributed by atoms with van der Waals surface area (Å²) in [6.07, 6.45) is 2.44. The van der Waals surface area contributed by atoms with E-state index in [0.717, 1.165) is 5.56 Å². The fourth-order valence-electron chi connectivity index (χ4n) is 1.06. The number of carbonyl (C=O) groups is 1. The highest BCUT2D eigenvalue weighted by Crippen LogP contribution is 2.02. The van der Waals surface area contributed by atoms with Gasteiger partial charge in [-0.25, -0.2) is 0 Å². The van der Waals surface area contributed by atoms with Crippen molar-refractivity contribution < 1.29 is 14.6 Å². The molecule has 0 aliphatic rings. The first kappa shape index (κ1) is 10.7. The van der Waals surface area contributed by atoms with Crippen molar-refractivity contribution in [3.05, 3.63) is 29.6 Å². The maximum atomic E-state index is 10.9. The van der Waals surface area contributed by atoms with Gasteiger partial charge < -0.3 is 9.84 Å². The maximum Gasteiger partial charge on any atom is 0.311 e. The zero-order chi connectivity index (χ0) is 10.4. The van der Waals surface area contributed by atoms with Gasteiger partial charge in [-0.2, -0.15) is 0 Å². The average Bonchev–Trinajstić information content (AvgIpc) is 2.21. The van der Waals surface area contributed by atoms with Crippen molar-refractivity contribution in [2.24, 2.45) is 0 Å². The van der Waals surface area contributed by atoms with Crippen molar-refractivity contribution in [2.75, 3.05) is 13.7 Å². The lowest BCUT2D eigenvalue weighted by Crippen LogP contribution is -2.06. The molecule has 4 heteroatoms. The van der Waals surface area contributed by atoms with Gasteiger partial charge in [0.15, 0.2) is 0 Å². The van der Waals surface area contributed by atoms with E-state index in [1.807, 2.05) is 6.07 Å². The molecule has 1 aromatic rings. The molecular weight excluding hydrogens is 182 g/mol. The zero-order valence-corrected chi connectivity index (χ0v) is 8.06. The minimum Gasteiger partial charge on any atom is -0.469 e. The standard InChI is InChI=1S/C10H13NO3/c1-14-10(13)6-9-3-2-8(4-5-12)7-11-9/h2-3,7,12H,4-6H2,1H3. The maximum absolute atomic E-state index is 10.9. The van der Waals surface area contributed by atoms with E-state index in [2.05, 4.69) is 9.72 Å². The smallest absolute Gasteiger partial charge is 0.311 e. The van der Waals surface area contributed by atoms with Crippen molar-refractivity contribution >= 4 is 5.97 Å². The van der Waals surface area contributed by atoms with Gasteiger partial charge in [0.05, 0.1) is 19.2 Å². The fourth-order valence-corrected chi connectivity index (χ4v) is 1.06. The van der Waals surface area contributed by atoms with Crippen molar-refractivity contribution in [3.8, 4) is 0 Å². The quantitative estimate of drug-likeness (QED) is 0.703. The highest BCUT2D eigenvalue weighted by Gasteiger charge is 2.03. The number of hydrogen-bond acceptors (Lipinski definition) is 4. The number of pyridine rings is 1. The Balaban J connectivity index is 2.59. The van der Waals surface area contributed by atoms with Gasteiger partial charge in [-0.3, -0.25) is 9.78 Å². The Morgan fingerprint density at radius 1 is 1.57 bits per heavy atom. The molecule has 0 aliphatic heterocycles. The Bertz CT molecular complexity index is 295. The molecule has 0 radical (unpaired) electrons. The van der Waals surface area contributed by atoms with E-state index in [-0.39, 0.29) is 19.0 Å². The lowest BCUT2D eigenvalue weighted by atomic mass is 10.2. The van der Waals surface area contributed by atoms with Crippen LogP contribution < -0.4 is 0 Å². The molecule has 0 unspecified atom stereocenters. The van der Waals surface area contributed by atoms with Crippen LogP contribution in [0.5, 0.6) is 0 Å². The topological polar surface area (TPSA) is 59.4 Å². The Morgan fingerprint density at radius 3 is 2.86 bits per heavy atom. The van der Waals surface area contributed by atoms with E-state index in [9.17, 15) is 4.79 Å². The van der Waals surface area contributed by atoms with E-state index >= 15 is 0 Å². The third kappa shape index (κ3) is 3.14. The van der Waals surface area contributed by atoms with Crippen molar-refractivity contribution in [1.82, 2.24) is 4.98 Å². The highest BCUT2D eigenvalue weighted by atomic mass is 16.5. The number of nitrogens with zero attached hydrogens (tertiary/aromatic N) is 1. The normalized spacial score (nSPS) is 9.86. The molecule has 1 rings (SSSR count). The molecule has 0 bridgehead atoms. The zero-order valence-electron chi connectivity index (χ0n) is 8.06. The van der Waals surface area contributed by atoms with E-state index < -0.39 is 0 Å². The monoisotopic (exact) mass is 195 g/mol. The minimum absolute atomic E-state index is 0.109. The Morgan fingerprint density at radius 2 is 2.36 bits per heavy atom. The summed E-state index contributed by atoms with van der Waals surface area (Å²) in [7, 11) is 1.35. The average molecular weight is 195 g/mol. The molecule has 1 heterocycles. The van der Waals surface area contributed by atoms with Gasteiger partial charge in [-0.15, -0.1) is 0 Å². The molecule has 0 saturated carbocycles. The summed E-state index contributed by atoms with van der Waals surface area (Å²) >= 11 is 0. The van der Waals surface area contributed by atoms with E-state index in [1.54, 1.807) is 12.3 Å². The van der Waals surface area contributed by atoms with Crippen LogP contribution in [0.2, 0.25) is 0 Å². The summed E-state index contributed by atoms with van der Waals surface area (Å²) in [6.45, 7) is 0.109. The number of esters is 1. The Labute approximate surface area is 82.5 Å². The number of aromatic nitrogens is 1. The van der Waals surface area contributed by atoms with Crippen LogP contribution in [0.1, 0.15) is 11.3 Å². The molecule has 0 aliphatic carbocycles. The van der Waals surface area contributed by atoms with Gasteiger partial charge >= 0.3 is 5.97 Å². The van der Waals surface area contributed by atoms with Crippen molar-refractivity contribution in [1.29, 1.82) is 0 Å². The summed E-state index contributed by atoms with van der Waals surface area (Å²) in [5, 5.41) is 8.67. The van der Waals surface area contributed by atoms with Crippen LogP contribution in [0.25, 0.3) is 0 Å². The Kier molecular flexibility index (Phi) is 4.07. The number of carbonyl (C=O) groups excluding carboxylic acids is 1. The van der Waals surface area contributed by atoms with Crippen LogP contribution >= 0.6 is 0 Å². The van der Waals surface area contributed by atoms with E-state index in [4.69, 9.17) is 5.11 Å². The first-order valence-corrected chi connectivity index (χ1v) is 4.37. The number of rotatable bonds is 4. The summed E-state index contributed by atoms with van der Waals surface area (Å²) in [4.78, 5) is 15.0. The number of aliphatic hydroxyl groups is 1. The predicted octanol–water partition coefficient (Wildman–Crippen LogP) is 0.332. The van der Waals surface area contributed by atoms with Gasteiger partial charge in [-0.1, -0.05) is 6.07 Å². The minimum atomic E-state index is -0.299. The van der Waals surface area contributed by atoms with E-state index in [0.29, 0.717) is 12.1 Å². The molecule has 0 spiro atoms. The van der Waals surface area contributed by atoms with Gasteiger partial charge in [0.25, 0.3) is 0 Å². The van der Waals surface area contributed by atoms with Crippen LogP contribution in [-0.2, 0) is 22.4 Å². The van der Waals surface area contributed by atoms with Crippen molar-refractivity contribution in [3.63, 3.8) is 0 Å². The summed E-state index contributed by atoms with van der Waals surface area (Å²) < 4.78 is 4.51. The molecule has 14 heavy (non-hydrogen) atoms. The molecule has 0 saturated heterocycles. The number of ether oxygens (including phenoxy) is 1. The summed E-state index contributed by atoms with van der Waals surface area (Å²) in [5.74, 6) is -0.299. The number of aliphatic hydroxyl groups excluding tert-OH is 1. The van der Waals surface area contributed by atoms with Gasteiger partial charge in [-0.05, 0) is 18.1 Å². The van der Waals surface area contributed by atoms with Crippen LogP contribution in [-0.4, -0.2) is 29.8 Å². The van der Waals surface area contributed by atoms with Gasteiger partial charge in [0, 0.05) is 12.8 Å². The molecule has 1 aromatic heterocycles.